The minimum atomic E-state index is -1.21. The molecule has 2 aliphatic rings. The maximum absolute atomic E-state index is 13.8. The average Bonchev–Trinajstić information content (AvgIpc) is 2.99. The smallest absolute Gasteiger partial charge is 0.263 e. The number of pyridine rings is 1. The molecule has 0 bridgehead atoms. The largest absolute Gasteiger partial charge is 0.354 e. The van der Waals surface area contributed by atoms with E-state index in [1.807, 2.05) is 52.0 Å². The molecular weight excluding hydrogens is 558 g/mol. The average molecular weight is 606 g/mol. The number of nitrogens with one attached hydrogen (secondary N) is 2. The van der Waals surface area contributed by atoms with Gasteiger partial charge < -0.3 is 25.0 Å². The van der Waals surface area contributed by atoms with E-state index in [1.54, 1.807) is 13.1 Å². The lowest BCUT2D eigenvalue weighted by Crippen LogP contribution is -2.60. The van der Waals surface area contributed by atoms with E-state index in [-0.39, 0.29) is 42.9 Å². The van der Waals surface area contributed by atoms with Gasteiger partial charge in [0.2, 0.25) is 17.7 Å². The molecule has 1 aromatic heterocycles. The van der Waals surface area contributed by atoms with Crippen molar-refractivity contribution in [1.82, 2.24) is 25.0 Å². The van der Waals surface area contributed by atoms with Crippen LogP contribution in [0.5, 0.6) is 0 Å². The summed E-state index contributed by atoms with van der Waals surface area (Å²) in [6, 6.07) is 9.34. The summed E-state index contributed by atoms with van der Waals surface area (Å²) in [5.74, 6) is -1.29. The number of benzene rings is 1. The highest BCUT2D eigenvalue weighted by molar-refractivity contribution is 5.97. The lowest BCUT2D eigenvalue weighted by Gasteiger charge is -2.39. The maximum Gasteiger partial charge on any atom is 0.263 e. The van der Waals surface area contributed by atoms with Gasteiger partial charge in [0, 0.05) is 32.4 Å². The molecule has 0 radical (unpaired) electrons. The number of rotatable bonds is 5. The Kier molecular flexibility index (Phi) is 10.7. The SMILES string of the molecule is CCc1c(C)cc(C(=O)N2CCCCNC(=O)C3(CCCc4ccccc43)NC(=O)CN(CCC(C)C)C(=O)C2)c(=O)n1C. The number of aryl methyl sites for hydroxylation is 2. The normalized spacial score (nSPS) is 20.3. The maximum atomic E-state index is 13.8. The van der Waals surface area contributed by atoms with Crippen molar-refractivity contribution >= 4 is 23.6 Å². The highest BCUT2D eigenvalue weighted by Crippen LogP contribution is 2.36. The topological polar surface area (TPSA) is 121 Å². The van der Waals surface area contributed by atoms with E-state index in [2.05, 4.69) is 10.6 Å². The van der Waals surface area contributed by atoms with Crippen LogP contribution in [0.1, 0.15) is 85.6 Å². The number of fused-ring (bicyclic) bond motifs is 2. The molecule has 2 heterocycles. The summed E-state index contributed by atoms with van der Waals surface area (Å²) in [4.78, 5) is 71.3. The first-order chi connectivity index (χ1) is 21.0. The number of hydrogen-bond donors (Lipinski definition) is 2. The standard InChI is InChI=1S/C34H47N5O5/c1-6-28-24(4)20-26(31(42)37(28)5)32(43)39-18-10-9-17-35-33(44)34(16-11-13-25-12-7-8-14-27(25)34)36-29(40)21-38(30(41)22-39)19-15-23(2)3/h7-8,12,14,20,23H,6,9-11,13,15-19,21-22H2,1-5H3,(H,35,44)(H,36,40). The molecule has 1 aliphatic heterocycles. The van der Waals surface area contributed by atoms with E-state index < -0.39 is 22.9 Å². The van der Waals surface area contributed by atoms with E-state index in [1.165, 1.54) is 14.4 Å². The minimum Gasteiger partial charge on any atom is -0.354 e. The number of nitrogens with zero attached hydrogens (tertiary/aromatic N) is 3. The molecule has 238 valence electrons. The molecule has 2 aromatic rings. The van der Waals surface area contributed by atoms with Gasteiger partial charge in [0.05, 0.1) is 6.54 Å². The monoisotopic (exact) mass is 605 g/mol. The molecule has 10 heteroatoms. The van der Waals surface area contributed by atoms with Gasteiger partial charge in [0.25, 0.3) is 11.5 Å². The summed E-state index contributed by atoms with van der Waals surface area (Å²) < 4.78 is 1.50. The van der Waals surface area contributed by atoms with Gasteiger partial charge in [-0.25, -0.2) is 0 Å². The Labute approximate surface area is 260 Å². The van der Waals surface area contributed by atoms with Crippen molar-refractivity contribution in [1.29, 1.82) is 0 Å². The molecular formula is C34H47N5O5. The minimum absolute atomic E-state index is 0.0220. The zero-order valence-electron chi connectivity index (χ0n) is 26.8. The molecule has 4 rings (SSSR count). The van der Waals surface area contributed by atoms with Crippen molar-refractivity contribution in [2.45, 2.75) is 78.2 Å². The third-order valence-corrected chi connectivity index (χ3v) is 8.95. The van der Waals surface area contributed by atoms with Crippen LogP contribution < -0.4 is 16.2 Å². The van der Waals surface area contributed by atoms with Crippen LogP contribution in [0.4, 0.5) is 0 Å². The molecule has 44 heavy (non-hydrogen) atoms. The molecule has 1 atom stereocenters. The van der Waals surface area contributed by atoms with Crippen LogP contribution in [-0.4, -0.2) is 70.7 Å². The van der Waals surface area contributed by atoms with Crippen LogP contribution >= 0.6 is 0 Å². The molecule has 1 saturated heterocycles. The lowest BCUT2D eigenvalue weighted by molar-refractivity contribution is -0.139. The number of amides is 4. The van der Waals surface area contributed by atoms with Crippen molar-refractivity contribution in [3.8, 4) is 0 Å². The zero-order chi connectivity index (χ0) is 32.0. The second-order valence-electron chi connectivity index (χ2n) is 12.6. The molecule has 4 amide bonds. The number of aromatic nitrogens is 1. The third kappa shape index (κ3) is 7.05. The van der Waals surface area contributed by atoms with E-state index in [0.29, 0.717) is 45.2 Å². The Hall–Kier alpha value is -3.95. The molecule has 1 aliphatic carbocycles. The van der Waals surface area contributed by atoms with Gasteiger partial charge in [0.15, 0.2) is 0 Å². The quantitative estimate of drug-likeness (QED) is 0.543. The first-order valence-corrected chi connectivity index (χ1v) is 15.9. The van der Waals surface area contributed by atoms with Gasteiger partial charge in [0.1, 0.15) is 17.6 Å². The van der Waals surface area contributed by atoms with Gasteiger partial charge in [-0.05, 0) is 80.5 Å². The molecule has 0 saturated carbocycles. The van der Waals surface area contributed by atoms with Gasteiger partial charge >= 0.3 is 0 Å². The Morgan fingerprint density at radius 1 is 1.05 bits per heavy atom. The van der Waals surface area contributed by atoms with Gasteiger partial charge in [-0.1, -0.05) is 45.0 Å². The summed E-state index contributed by atoms with van der Waals surface area (Å²) in [7, 11) is 1.66. The Balaban J connectivity index is 1.66. The molecule has 1 aromatic carbocycles. The predicted molar refractivity (Wildman–Crippen MR) is 169 cm³/mol. The second kappa shape index (κ2) is 14.2. The highest BCUT2D eigenvalue weighted by atomic mass is 16.2. The fourth-order valence-corrected chi connectivity index (χ4v) is 6.48. The van der Waals surface area contributed by atoms with Crippen molar-refractivity contribution in [3.63, 3.8) is 0 Å². The molecule has 2 N–H and O–H groups in total. The first kappa shape index (κ1) is 33.0. The first-order valence-electron chi connectivity index (χ1n) is 15.9. The number of hydrogen-bond acceptors (Lipinski definition) is 5. The number of carbonyl (C=O) groups is 4. The predicted octanol–water partition coefficient (Wildman–Crippen LogP) is 2.83. The Morgan fingerprint density at radius 3 is 2.52 bits per heavy atom. The Morgan fingerprint density at radius 2 is 1.80 bits per heavy atom. The zero-order valence-corrected chi connectivity index (χ0v) is 26.8. The van der Waals surface area contributed by atoms with Gasteiger partial charge in [-0.15, -0.1) is 0 Å². The highest BCUT2D eigenvalue weighted by Gasteiger charge is 2.44. The van der Waals surface area contributed by atoms with E-state index in [0.717, 1.165) is 35.2 Å². The van der Waals surface area contributed by atoms with E-state index in [4.69, 9.17) is 0 Å². The van der Waals surface area contributed by atoms with Crippen molar-refractivity contribution in [2.24, 2.45) is 13.0 Å². The van der Waals surface area contributed by atoms with Crippen LogP contribution in [-0.2, 0) is 39.8 Å². The molecule has 1 fully saturated rings. The third-order valence-electron chi connectivity index (χ3n) is 8.95. The molecule has 1 unspecified atom stereocenters. The molecule has 1 spiro atoms. The van der Waals surface area contributed by atoms with Crippen molar-refractivity contribution < 1.29 is 19.2 Å². The van der Waals surface area contributed by atoms with Crippen LogP contribution in [0.3, 0.4) is 0 Å². The van der Waals surface area contributed by atoms with E-state index in [9.17, 15) is 24.0 Å². The lowest BCUT2D eigenvalue weighted by atomic mass is 9.75. The summed E-state index contributed by atoms with van der Waals surface area (Å²) in [6.45, 7) is 8.33. The van der Waals surface area contributed by atoms with Crippen molar-refractivity contribution in [3.05, 3.63) is 68.6 Å². The van der Waals surface area contributed by atoms with Gasteiger partial charge in [-0.2, -0.15) is 0 Å². The van der Waals surface area contributed by atoms with Crippen LogP contribution in [0.15, 0.2) is 35.1 Å². The summed E-state index contributed by atoms with van der Waals surface area (Å²) in [5.41, 5.74) is 1.93. The number of carbonyl (C=O) groups excluding carboxylic acids is 4. The summed E-state index contributed by atoms with van der Waals surface area (Å²) >= 11 is 0. The second-order valence-corrected chi connectivity index (χ2v) is 12.6. The van der Waals surface area contributed by atoms with Crippen LogP contribution in [0.2, 0.25) is 0 Å². The summed E-state index contributed by atoms with van der Waals surface area (Å²) in [5, 5.41) is 6.09. The van der Waals surface area contributed by atoms with Crippen LogP contribution in [0, 0.1) is 12.8 Å². The Bertz CT molecular complexity index is 1460. The fourth-order valence-electron chi connectivity index (χ4n) is 6.48. The van der Waals surface area contributed by atoms with Crippen molar-refractivity contribution in [2.75, 3.05) is 32.7 Å². The van der Waals surface area contributed by atoms with Crippen LogP contribution in [0.25, 0.3) is 0 Å². The fraction of sp³-hybridized carbons (Fsp3) is 0.559. The van der Waals surface area contributed by atoms with E-state index >= 15 is 0 Å². The molecule has 10 nitrogen and oxygen atoms in total. The summed E-state index contributed by atoms with van der Waals surface area (Å²) in [6.07, 6.45) is 4.43. The van der Waals surface area contributed by atoms with Gasteiger partial charge in [-0.3, -0.25) is 24.0 Å².